The first kappa shape index (κ1) is 45.6. The number of aliphatic hydroxyl groups is 2. The Morgan fingerprint density at radius 1 is 0.489 bits per heavy atom. The van der Waals surface area contributed by atoms with Gasteiger partial charge in [-0.3, -0.25) is 4.79 Å². The fraction of sp³-hybridized carbons (Fsp3) is 0.837. The molecule has 0 radical (unpaired) electrons. The van der Waals surface area contributed by atoms with E-state index in [1.165, 1.54) is 154 Å². The normalized spacial score (nSPS) is 13.4. The number of rotatable bonds is 37. The third-order valence-corrected chi connectivity index (χ3v) is 9.35. The smallest absolute Gasteiger partial charge is 0.220 e. The molecular weight excluding hydrogens is 578 g/mol. The zero-order chi connectivity index (χ0) is 34.3. The Kier molecular flexibility index (Phi) is 37.9. The molecule has 4 heteroatoms. The maximum atomic E-state index is 12.4. The molecule has 0 heterocycles. The minimum atomic E-state index is -0.866. The molecule has 0 aliphatic heterocycles. The van der Waals surface area contributed by atoms with E-state index in [1.807, 2.05) is 6.08 Å². The van der Waals surface area contributed by atoms with Gasteiger partial charge >= 0.3 is 0 Å². The number of aliphatic hydroxyl groups excluding tert-OH is 2. The van der Waals surface area contributed by atoms with Crippen molar-refractivity contribution in [3.63, 3.8) is 0 Å². The molecule has 0 saturated heterocycles. The molecule has 0 aromatic heterocycles. The number of nitrogens with one attached hydrogen (secondary N) is 1. The van der Waals surface area contributed by atoms with Crippen molar-refractivity contribution >= 4 is 5.91 Å². The van der Waals surface area contributed by atoms with Crippen LogP contribution in [0.4, 0.5) is 0 Å². The van der Waals surface area contributed by atoms with Crippen LogP contribution in [0.15, 0.2) is 36.5 Å². The van der Waals surface area contributed by atoms with Gasteiger partial charge in [0.15, 0.2) is 0 Å². The minimum Gasteiger partial charge on any atom is -0.394 e. The lowest BCUT2D eigenvalue weighted by Crippen LogP contribution is -2.45. The molecule has 47 heavy (non-hydrogen) atoms. The van der Waals surface area contributed by atoms with E-state index in [2.05, 4.69) is 43.5 Å². The van der Waals surface area contributed by atoms with E-state index in [-0.39, 0.29) is 12.5 Å². The van der Waals surface area contributed by atoms with Crippen LogP contribution in [-0.2, 0) is 4.79 Å². The molecule has 0 rings (SSSR count). The fourth-order valence-electron chi connectivity index (χ4n) is 6.15. The highest BCUT2D eigenvalue weighted by atomic mass is 16.3. The number of hydrogen-bond acceptors (Lipinski definition) is 3. The first-order chi connectivity index (χ1) is 23.2. The molecule has 2 unspecified atom stereocenters. The summed E-state index contributed by atoms with van der Waals surface area (Å²) in [6.45, 7) is 4.29. The summed E-state index contributed by atoms with van der Waals surface area (Å²) >= 11 is 0. The van der Waals surface area contributed by atoms with Gasteiger partial charge in [0.2, 0.25) is 5.91 Å². The van der Waals surface area contributed by atoms with Gasteiger partial charge in [0, 0.05) is 6.42 Å². The molecule has 0 aliphatic carbocycles. The van der Waals surface area contributed by atoms with Crippen LogP contribution >= 0.6 is 0 Å². The molecule has 0 fully saturated rings. The number of allylic oxidation sites excluding steroid dienone is 5. The van der Waals surface area contributed by atoms with E-state index in [1.54, 1.807) is 6.08 Å². The molecule has 0 aliphatic rings. The van der Waals surface area contributed by atoms with E-state index >= 15 is 0 Å². The van der Waals surface area contributed by atoms with Gasteiger partial charge in [-0.25, -0.2) is 0 Å². The van der Waals surface area contributed by atoms with Gasteiger partial charge in [-0.15, -0.1) is 0 Å². The van der Waals surface area contributed by atoms with Crippen molar-refractivity contribution in [3.05, 3.63) is 36.5 Å². The highest BCUT2D eigenvalue weighted by molar-refractivity contribution is 5.76. The van der Waals surface area contributed by atoms with E-state index in [9.17, 15) is 15.0 Å². The summed E-state index contributed by atoms with van der Waals surface area (Å²) < 4.78 is 0. The van der Waals surface area contributed by atoms with Crippen LogP contribution in [0.3, 0.4) is 0 Å². The SMILES string of the molecule is CCCCCCCC/C=C/CC/C=C/CC/C=C/C(O)C(CO)NC(=O)CCCCCCCCCCCCCCCCCCCCC. The van der Waals surface area contributed by atoms with E-state index in [0.717, 1.165) is 38.5 Å². The number of carbonyl (C=O) groups is 1. The maximum Gasteiger partial charge on any atom is 0.220 e. The van der Waals surface area contributed by atoms with Crippen LogP contribution < -0.4 is 5.32 Å². The summed E-state index contributed by atoms with van der Waals surface area (Å²) in [5.74, 6) is -0.0765. The van der Waals surface area contributed by atoms with Crippen molar-refractivity contribution in [2.45, 2.75) is 225 Å². The summed E-state index contributed by atoms with van der Waals surface area (Å²) in [5, 5.41) is 22.9. The summed E-state index contributed by atoms with van der Waals surface area (Å²) in [7, 11) is 0. The molecule has 4 nitrogen and oxygen atoms in total. The standard InChI is InChI=1S/C43H81NO3/c1-3-5-7-9-11-13-15-17-19-21-22-23-25-27-29-31-33-35-37-39-43(47)44-41(40-45)42(46)38-36-34-32-30-28-26-24-20-18-16-14-12-10-8-6-4-2/h18,20,28,30,36,38,41-42,45-46H,3-17,19,21-27,29,31-35,37,39-40H2,1-2H3,(H,44,47)/b20-18+,30-28+,38-36+. The Morgan fingerprint density at radius 3 is 1.23 bits per heavy atom. The van der Waals surface area contributed by atoms with Gasteiger partial charge in [-0.2, -0.15) is 0 Å². The zero-order valence-corrected chi connectivity index (χ0v) is 31.5. The first-order valence-electron chi connectivity index (χ1n) is 20.7. The van der Waals surface area contributed by atoms with Crippen LogP contribution in [0.2, 0.25) is 0 Å². The number of hydrogen-bond donors (Lipinski definition) is 3. The van der Waals surface area contributed by atoms with Crippen LogP contribution in [0.5, 0.6) is 0 Å². The zero-order valence-electron chi connectivity index (χ0n) is 31.5. The second-order valence-electron chi connectivity index (χ2n) is 14.0. The highest BCUT2D eigenvalue weighted by Crippen LogP contribution is 2.15. The highest BCUT2D eigenvalue weighted by Gasteiger charge is 2.17. The molecule has 0 bridgehead atoms. The topological polar surface area (TPSA) is 69.6 Å². The summed E-state index contributed by atoms with van der Waals surface area (Å²) in [6, 6.07) is -0.641. The van der Waals surface area contributed by atoms with Gasteiger partial charge in [0.25, 0.3) is 0 Å². The van der Waals surface area contributed by atoms with Crippen molar-refractivity contribution in [1.29, 1.82) is 0 Å². The lowest BCUT2D eigenvalue weighted by Gasteiger charge is -2.19. The molecule has 0 saturated carbocycles. The lowest BCUT2D eigenvalue weighted by atomic mass is 10.0. The van der Waals surface area contributed by atoms with Crippen LogP contribution in [-0.4, -0.2) is 34.9 Å². The Bertz CT molecular complexity index is 716. The Hall–Kier alpha value is -1.39. The van der Waals surface area contributed by atoms with Crippen LogP contribution in [0.1, 0.15) is 213 Å². The maximum absolute atomic E-state index is 12.4. The molecular formula is C43H81NO3. The third-order valence-electron chi connectivity index (χ3n) is 9.35. The minimum absolute atomic E-state index is 0.0765. The lowest BCUT2D eigenvalue weighted by molar-refractivity contribution is -0.123. The first-order valence-corrected chi connectivity index (χ1v) is 20.7. The predicted octanol–water partition coefficient (Wildman–Crippen LogP) is 12.6. The van der Waals surface area contributed by atoms with Gasteiger partial charge in [-0.1, -0.05) is 198 Å². The van der Waals surface area contributed by atoms with Gasteiger partial charge in [0.1, 0.15) is 0 Å². The van der Waals surface area contributed by atoms with Gasteiger partial charge in [0.05, 0.1) is 18.8 Å². The fourth-order valence-corrected chi connectivity index (χ4v) is 6.15. The van der Waals surface area contributed by atoms with Crippen molar-refractivity contribution in [2.24, 2.45) is 0 Å². The number of carbonyl (C=O) groups excluding carboxylic acids is 1. The van der Waals surface area contributed by atoms with Crippen molar-refractivity contribution in [2.75, 3.05) is 6.61 Å². The Morgan fingerprint density at radius 2 is 0.830 bits per heavy atom. The molecule has 0 aromatic rings. The predicted molar refractivity (Wildman–Crippen MR) is 207 cm³/mol. The Labute approximate surface area is 293 Å². The number of unbranched alkanes of at least 4 members (excludes halogenated alkanes) is 26. The average Bonchev–Trinajstić information content (AvgIpc) is 3.07. The van der Waals surface area contributed by atoms with Crippen molar-refractivity contribution in [3.8, 4) is 0 Å². The number of amides is 1. The Balaban J connectivity index is 3.62. The van der Waals surface area contributed by atoms with E-state index in [4.69, 9.17) is 0 Å². The summed E-state index contributed by atoms with van der Waals surface area (Å²) in [6.07, 6.45) is 51.0. The van der Waals surface area contributed by atoms with E-state index in [0.29, 0.717) is 6.42 Å². The monoisotopic (exact) mass is 660 g/mol. The molecule has 276 valence electrons. The van der Waals surface area contributed by atoms with Crippen molar-refractivity contribution < 1.29 is 15.0 Å². The van der Waals surface area contributed by atoms with Gasteiger partial charge in [-0.05, 0) is 44.9 Å². The van der Waals surface area contributed by atoms with Gasteiger partial charge < -0.3 is 15.5 Å². The molecule has 1 amide bonds. The second kappa shape index (κ2) is 39.1. The third kappa shape index (κ3) is 35.7. The van der Waals surface area contributed by atoms with E-state index < -0.39 is 12.1 Å². The average molecular weight is 660 g/mol. The molecule has 0 aromatic carbocycles. The molecule has 0 spiro atoms. The second-order valence-corrected chi connectivity index (χ2v) is 14.0. The summed E-state index contributed by atoms with van der Waals surface area (Å²) in [5.41, 5.74) is 0. The quantitative estimate of drug-likeness (QED) is 0.0459. The molecule has 2 atom stereocenters. The summed E-state index contributed by atoms with van der Waals surface area (Å²) in [4.78, 5) is 12.4. The van der Waals surface area contributed by atoms with Crippen LogP contribution in [0.25, 0.3) is 0 Å². The largest absolute Gasteiger partial charge is 0.394 e. The molecule has 3 N–H and O–H groups in total. The van der Waals surface area contributed by atoms with Crippen LogP contribution in [0, 0.1) is 0 Å². The van der Waals surface area contributed by atoms with Crippen molar-refractivity contribution in [1.82, 2.24) is 5.32 Å².